The van der Waals surface area contributed by atoms with E-state index in [1.807, 2.05) is 0 Å². The molecule has 0 unspecified atom stereocenters. The van der Waals surface area contributed by atoms with Crippen LogP contribution in [0.4, 0.5) is 13.2 Å². The van der Waals surface area contributed by atoms with Crippen LogP contribution >= 0.6 is 0 Å². The third-order valence-corrected chi connectivity index (χ3v) is 2.11. The SMILES string of the molecule is FC(F)(F)c1ccc(/[C]=N/OC2CC2)cc1. The zero-order valence-electron chi connectivity index (χ0n) is 8.29. The van der Waals surface area contributed by atoms with Crippen molar-refractivity contribution in [2.75, 3.05) is 0 Å². The fourth-order valence-electron chi connectivity index (χ4n) is 1.06. The molecule has 0 spiro atoms. The van der Waals surface area contributed by atoms with Crippen LogP contribution in [-0.2, 0) is 11.0 Å². The first-order valence-electron chi connectivity index (χ1n) is 4.85. The second-order valence-electron chi connectivity index (χ2n) is 3.58. The molecule has 0 bridgehead atoms. The van der Waals surface area contributed by atoms with Gasteiger partial charge in [0.1, 0.15) is 12.3 Å². The van der Waals surface area contributed by atoms with Crippen LogP contribution in [-0.4, -0.2) is 12.3 Å². The van der Waals surface area contributed by atoms with Crippen LogP contribution in [0.2, 0.25) is 0 Å². The van der Waals surface area contributed by atoms with Crippen LogP contribution in [0.1, 0.15) is 24.0 Å². The van der Waals surface area contributed by atoms with Gasteiger partial charge in [0.25, 0.3) is 0 Å². The molecule has 1 fully saturated rings. The van der Waals surface area contributed by atoms with E-state index in [0.29, 0.717) is 5.56 Å². The van der Waals surface area contributed by atoms with E-state index in [9.17, 15) is 13.2 Å². The van der Waals surface area contributed by atoms with Gasteiger partial charge >= 0.3 is 6.18 Å². The molecule has 5 heteroatoms. The van der Waals surface area contributed by atoms with E-state index in [2.05, 4.69) is 11.4 Å². The summed E-state index contributed by atoms with van der Waals surface area (Å²) in [4.78, 5) is 4.95. The number of benzene rings is 1. The van der Waals surface area contributed by atoms with E-state index in [0.717, 1.165) is 25.0 Å². The highest BCUT2D eigenvalue weighted by atomic mass is 19.4. The maximum Gasteiger partial charge on any atom is 0.416 e. The van der Waals surface area contributed by atoms with Gasteiger partial charge in [0.15, 0.2) is 0 Å². The van der Waals surface area contributed by atoms with Gasteiger partial charge in [-0.15, -0.1) is 0 Å². The fourth-order valence-corrected chi connectivity index (χ4v) is 1.06. The quantitative estimate of drug-likeness (QED) is 0.575. The van der Waals surface area contributed by atoms with Crippen molar-refractivity contribution in [1.82, 2.24) is 0 Å². The Morgan fingerprint density at radius 3 is 2.31 bits per heavy atom. The van der Waals surface area contributed by atoms with Crippen molar-refractivity contribution in [3.05, 3.63) is 35.4 Å². The lowest BCUT2D eigenvalue weighted by Crippen LogP contribution is -2.04. The Kier molecular flexibility index (Phi) is 2.85. The standard InChI is InChI=1S/C11H9F3NO/c12-11(13,14)9-3-1-8(2-4-9)7-15-16-10-5-6-10/h1-4,10H,5-6H2. The van der Waals surface area contributed by atoms with Gasteiger partial charge in [0, 0.05) is 5.56 Å². The number of rotatable bonds is 3. The predicted molar refractivity (Wildman–Crippen MR) is 52.1 cm³/mol. The summed E-state index contributed by atoms with van der Waals surface area (Å²) in [6, 6.07) is 4.61. The maximum absolute atomic E-state index is 12.2. The zero-order valence-corrected chi connectivity index (χ0v) is 8.29. The molecule has 0 heterocycles. The van der Waals surface area contributed by atoms with Crippen LogP contribution in [0.5, 0.6) is 0 Å². The molecule has 1 aliphatic carbocycles. The smallest absolute Gasteiger partial charge is 0.392 e. The zero-order chi connectivity index (χ0) is 11.6. The molecule has 1 radical (unpaired) electrons. The Morgan fingerprint density at radius 2 is 1.81 bits per heavy atom. The molecule has 0 amide bonds. The second-order valence-corrected chi connectivity index (χ2v) is 3.58. The normalized spacial score (nSPS) is 16.7. The van der Waals surface area contributed by atoms with Crippen LogP contribution < -0.4 is 0 Å². The van der Waals surface area contributed by atoms with Gasteiger partial charge in [-0.3, -0.25) is 0 Å². The molecule has 0 saturated heterocycles. The fraction of sp³-hybridized carbons (Fsp3) is 0.364. The summed E-state index contributed by atoms with van der Waals surface area (Å²) in [5.41, 5.74) is -0.213. The highest BCUT2D eigenvalue weighted by molar-refractivity contribution is 5.79. The Hall–Kier alpha value is -1.52. The van der Waals surface area contributed by atoms with Crippen LogP contribution in [0.3, 0.4) is 0 Å². The van der Waals surface area contributed by atoms with Crippen molar-refractivity contribution in [3.8, 4) is 0 Å². The van der Waals surface area contributed by atoms with E-state index in [-0.39, 0.29) is 6.10 Å². The largest absolute Gasteiger partial charge is 0.416 e. The number of halogens is 3. The molecule has 2 rings (SSSR count). The average Bonchev–Trinajstić information content (AvgIpc) is 3.01. The van der Waals surface area contributed by atoms with Gasteiger partial charge in [0.05, 0.1) is 5.56 Å². The third kappa shape index (κ3) is 2.98. The summed E-state index contributed by atoms with van der Waals surface area (Å²) >= 11 is 0. The lowest BCUT2D eigenvalue weighted by Gasteiger charge is -2.05. The monoisotopic (exact) mass is 228 g/mol. The van der Waals surface area contributed by atoms with Gasteiger partial charge in [-0.25, -0.2) is 0 Å². The average molecular weight is 228 g/mol. The summed E-state index contributed by atoms with van der Waals surface area (Å²) in [6.45, 7) is 0. The van der Waals surface area contributed by atoms with Crippen molar-refractivity contribution >= 4 is 6.21 Å². The predicted octanol–water partition coefficient (Wildman–Crippen LogP) is 3.10. The van der Waals surface area contributed by atoms with E-state index in [4.69, 9.17) is 4.84 Å². The van der Waals surface area contributed by atoms with Gasteiger partial charge in [-0.2, -0.15) is 13.2 Å². The van der Waals surface area contributed by atoms with Gasteiger partial charge in [0.2, 0.25) is 0 Å². The van der Waals surface area contributed by atoms with Gasteiger partial charge in [-0.1, -0.05) is 17.3 Å². The molecule has 1 aromatic carbocycles. The van der Waals surface area contributed by atoms with E-state index >= 15 is 0 Å². The first-order valence-corrected chi connectivity index (χ1v) is 4.85. The Morgan fingerprint density at radius 1 is 1.19 bits per heavy atom. The molecule has 16 heavy (non-hydrogen) atoms. The topological polar surface area (TPSA) is 21.6 Å². The second kappa shape index (κ2) is 4.15. The van der Waals surface area contributed by atoms with Gasteiger partial charge < -0.3 is 4.84 Å². The van der Waals surface area contributed by atoms with Crippen molar-refractivity contribution < 1.29 is 18.0 Å². The highest BCUT2D eigenvalue weighted by Gasteiger charge is 2.29. The molecule has 0 atom stereocenters. The number of alkyl halides is 3. The number of hydrogen-bond acceptors (Lipinski definition) is 2. The number of hydrogen-bond donors (Lipinski definition) is 0. The Balaban J connectivity index is 1.98. The van der Waals surface area contributed by atoms with E-state index in [1.54, 1.807) is 0 Å². The minimum atomic E-state index is -4.31. The lowest BCUT2D eigenvalue weighted by atomic mass is 10.1. The molecule has 85 valence electrons. The Bertz CT molecular complexity index is 379. The summed E-state index contributed by atoms with van der Waals surface area (Å²) in [6.07, 6.45) is 0.362. The van der Waals surface area contributed by atoms with E-state index < -0.39 is 11.7 Å². The summed E-state index contributed by atoms with van der Waals surface area (Å²) in [7, 11) is 0. The lowest BCUT2D eigenvalue weighted by molar-refractivity contribution is -0.137. The first-order chi connectivity index (χ1) is 7.55. The number of nitrogens with zero attached hydrogens (tertiary/aromatic N) is 1. The van der Waals surface area contributed by atoms with Crippen molar-refractivity contribution in [1.29, 1.82) is 0 Å². The van der Waals surface area contributed by atoms with Crippen molar-refractivity contribution in [2.45, 2.75) is 25.1 Å². The molecular weight excluding hydrogens is 219 g/mol. The molecule has 0 aliphatic heterocycles. The minimum absolute atomic E-state index is 0.168. The molecule has 2 nitrogen and oxygen atoms in total. The van der Waals surface area contributed by atoms with E-state index in [1.165, 1.54) is 12.1 Å². The van der Waals surface area contributed by atoms with Crippen molar-refractivity contribution in [3.63, 3.8) is 0 Å². The summed E-state index contributed by atoms with van der Waals surface area (Å²) in [5.74, 6) is 0. The Labute approximate surface area is 90.7 Å². The summed E-state index contributed by atoms with van der Waals surface area (Å²) in [5, 5.41) is 3.56. The minimum Gasteiger partial charge on any atom is -0.392 e. The highest BCUT2D eigenvalue weighted by Crippen LogP contribution is 2.29. The molecule has 1 saturated carbocycles. The molecule has 0 aromatic heterocycles. The summed E-state index contributed by atoms with van der Waals surface area (Å²) < 4.78 is 36.7. The van der Waals surface area contributed by atoms with Crippen LogP contribution in [0.15, 0.2) is 29.4 Å². The first kappa shape index (κ1) is 11.0. The van der Waals surface area contributed by atoms with Crippen molar-refractivity contribution in [2.24, 2.45) is 5.16 Å². The third-order valence-electron chi connectivity index (χ3n) is 2.11. The molecule has 1 aromatic rings. The molecule has 1 aliphatic rings. The maximum atomic E-state index is 12.2. The molecular formula is C11H9F3NO. The van der Waals surface area contributed by atoms with Crippen LogP contribution in [0, 0.1) is 0 Å². The van der Waals surface area contributed by atoms with Crippen LogP contribution in [0.25, 0.3) is 0 Å². The molecule has 0 N–H and O–H groups in total. The van der Waals surface area contributed by atoms with Gasteiger partial charge in [-0.05, 0) is 25.0 Å².